The van der Waals surface area contributed by atoms with Crippen molar-refractivity contribution in [3.8, 4) is 11.1 Å². The fourth-order valence-electron chi connectivity index (χ4n) is 7.80. The average molecular weight is 1050 g/mol. The number of aryl methyl sites for hydroxylation is 2. The number of primary amides is 1. The Kier molecular flexibility index (Phi) is 28.4. The fourth-order valence-corrected chi connectivity index (χ4v) is 7.93. The van der Waals surface area contributed by atoms with Crippen molar-refractivity contribution >= 4 is 35.2 Å². The van der Waals surface area contributed by atoms with Crippen molar-refractivity contribution in [2.75, 3.05) is 52.5 Å². The number of nitrogens with one attached hydrogen (secondary N) is 2. The van der Waals surface area contributed by atoms with Crippen molar-refractivity contribution in [1.29, 1.82) is 0 Å². The molecule has 24 heteroatoms. The lowest BCUT2D eigenvalue weighted by atomic mass is 9.99. The third-order valence-corrected chi connectivity index (χ3v) is 12.4. The summed E-state index contributed by atoms with van der Waals surface area (Å²) < 4.78 is 0. The summed E-state index contributed by atoms with van der Waals surface area (Å²) in [4.78, 5) is 52.1. The number of aliphatic hydroxyl groups is 10. The van der Waals surface area contributed by atoms with Crippen molar-refractivity contribution < 1.29 is 65.4 Å². The number of nitrogens with zero attached hydrogens (tertiary/aromatic N) is 4. The molecule has 408 valence electrons. The number of amides is 3. The van der Waals surface area contributed by atoms with Crippen LogP contribution in [-0.4, -0.2) is 203 Å². The molecular weight excluding hydrogens is 972 g/mol. The van der Waals surface area contributed by atoms with E-state index in [1.807, 2.05) is 24.3 Å². The normalized spacial score (nSPS) is 16.2. The monoisotopic (exact) mass is 1050 g/mol. The summed E-state index contributed by atoms with van der Waals surface area (Å²) in [6.07, 6.45) is -7.54. The van der Waals surface area contributed by atoms with Crippen molar-refractivity contribution in [2.24, 2.45) is 27.9 Å². The number of carbonyl (C=O) groups excluding carboxylic acids is 3. The second-order valence-corrected chi connectivity index (χ2v) is 18.5. The number of carbonyl (C=O) groups is 3. The highest BCUT2D eigenvalue weighted by atomic mass is 35.5. The number of halogens is 1. The van der Waals surface area contributed by atoms with Crippen molar-refractivity contribution in [3.05, 3.63) is 82.4 Å². The van der Waals surface area contributed by atoms with Crippen LogP contribution in [0.4, 0.5) is 0 Å². The molecule has 0 saturated carbocycles. The van der Waals surface area contributed by atoms with Crippen LogP contribution in [0.5, 0.6) is 0 Å². The number of unbranched alkanes of at least 4 members (excludes halogenated alkanes) is 3. The van der Waals surface area contributed by atoms with Gasteiger partial charge in [0.05, 0.1) is 37.7 Å². The number of benzene rings is 2. The molecule has 1 aromatic heterocycles. The topological polar surface area (TPSA) is 423 Å². The molecule has 0 unspecified atom stereocenters. The molecule has 0 bridgehead atoms. The van der Waals surface area contributed by atoms with E-state index in [4.69, 9.17) is 34.5 Å². The minimum atomic E-state index is -1.94. The van der Waals surface area contributed by atoms with Gasteiger partial charge in [-0.3, -0.25) is 24.3 Å². The molecule has 0 radical (unpaired) electrons. The van der Waals surface area contributed by atoms with E-state index in [9.17, 15) is 65.4 Å². The Morgan fingerprint density at radius 1 is 0.658 bits per heavy atom. The maximum Gasteiger partial charge on any atom is 0.269 e. The molecule has 20 N–H and O–H groups in total. The molecule has 23 nitrogen and oxygen atoms in total. The average Bonchev–Trinajstić information content (AvgIpc) is 3.39. The Hall–Kier alpha value is -4.83. The summed E-state index contributed by atoms with van der Waals surface area (Å²) >= 11 is 5.82. The summed E-state index contributed by atoms with van der Waals surface area (Å²) in [5.41, 5.74) is 27.4. The van der Waals surface area contributed by atoms with Crippen LogP contribution < -0.4 is 33.6 Å². The third-order valence-electron chi connectivity index (χ3n) is 12.3. The predicted octanol–water partition coefficient (Wildman–Crippen LogP) is -3.04. The molecule has 0 aliphatic heterocycles. The van der Waals surface area contributed by atoms with E-state index in [0.29, 0.717) is 51.7 Å². The quantitative estimate of drug-likeness (QED) is 0.0156. The van der Waals surface area contributed by atoms with Crippen LogP contribution >= 0.6 is 11.6 Å². The Balaban J connectivity index is 1.56. The van der Waals surface area contributed by atoms with Crippen LogP contribution in [0, 0.1) is 0 Å². The lowest BCUT2D eigenvalue weighted by Crippen LogP contribution is -2.53. The molecular formula is C49H77ClN10O13. The Morgan fingerprint density at radius 3 is 1.70 bits per heavy atom. The maximum absolute atomic E-state index is 13.6. The van der Waals surface area contributed by atoms with Gasteiger partial charge in [-0.1, -0.05) is 66.6 Å². The molecule has 0 saturated heterocycles. The predicted molar refractivity (Wildman–Crippen MR) is 273 cm³/mol. The second kappa shape index (κ2) is 33.2. The molecule has 0 spiro atoms. The number of aromatic nitrogens is 2. The Labute approximate surface area is 430 Å². The minimum Gasteiger partial charge on any atom is -0.394 e. The first-order chi connectivity index (χ1) is 34.8. The first kappa shape index (κ1) is 62.5. The van der Waals surface area contributed by atoms with Gasteiger partial charge in [0, 0.05) is 26.2 Å². The number of amidine groups is 1. The van der Waals surface area contributed by atoms with Gasteiger partial charge < -0.3 is 84.6 Å². The molecule has 3 aromatic rings. The van der Waals surface area contributed by atoms with E-state index in [1.165, 1.54) is 11.1 Å². The van der Waals surface area contributed by atoms with Crippen LogP contribution in [-0.2, 0) is 22.4 Å². The highest BCUT2D eigenvalue weighted by molar-refractivity contribution is 6.29. The fraction of sp³-hybridized carbons (Fsp3) is 0.592. The number of nitrogens with two attached hydrogens (primary N) is 4. The van der Waals surface area contributed by atoms with E-state index in [2.05, 4.69) is 49.9 Å². The second-order valence-electron chi connectivity index (χ2n) is 18.1. The third kappa shape index (κ3) is 21.5. The van der Waals surface area contributed by atoms with Gasteiger partial charge >= 0.3 is 0 Å². The summed E-state index contributed by atoms with van der Waals surface area (Å²) in [6, 6.07) is 14.5. The van der Waals surface area contributed by atoms with E-state index < -0.39 is 105 Å². The highest BCUT2D eigenvalue weighted by Gasteiger charge is 2.34. The summed E-state index contributed by atoms with van der Waals surface area (Å²) in [5, 5.41) is 106. The van der Waals surface area contributed by atoms with Gasteiger partial charge in [-0.25, -0.2) is 9.97 Å². The van der Waals surface area contributed by atoms with E-state index >= 15 is 0 Å². The zero-order valence-corrected chi connectivity index (χ0v) is 41.8. The van der Waals surface area contributed by atoms with E-state index in [0.717, 1.165) is 41.5 Å². The molecule has 3 amide bonds. The van der Waals surface area contributed by atoms with E-state index in [-0.39, 0.29) is 48.2 Å². The van der Waals surface area contributed by atoms with Crippen LogP contribution in [0.2, 0.25) is 5.15 Å². The molecule has 3 rings (SSSR count). The van der Waals surface area contributed by atoms with Crippen molar-refractivity contribution in [2.45, 2.75) is 132 Å². The number of hydrogen-bond acceptors (Lipinski definition) is 19. The number of aliphatic hydroxyl groups excluding tert-OH is 10. The first-order valence-corrected chi connectivity index (χ1v) is 24.9. The number of hydrogen-bond donors (Lipinski definition) is 16. The van der Waals surface area contributed by atoms with Gasteiger partial charge in [0.1, 0.15) is 59.3 Å². The summed E-state index contributed by atoms with van der Waals surface area (Å²) in [5.74, 6) is -1.70. The van der Waals surface area contributed by atoms with Crippen LogP contribution in [0.25, 0.3) is 11.1 Å². The smallest absolute Gasteiger partial charge is 0.269 e. The van der Waals surface area contributed by atoms with Gasteiger partial charge in [-0.2, -0.15) is 0 Å². The molecule has 0 fully saturated rings. The number of rotatable bonds is 36. The number of aliphatic imine (C=N–C) groups is 1. The van der Waals surface area contributed by atoms with Gasteiger partial charge in [0.2, 0.25) is 11.8 Å². The van der Waals surface area contributed by atoms with E-state index in [1.54, 1.807) is 0 Å². The minimum absolute atomic E-state index is 0.0227. The largest absolute Gasteiger partial charge is 0.394 e. The van der Waals surface area contributed by atoms with Gasteiger partial charge in [-0.15, -0.1) is 0 Å². The zero-order chi connectivity index (χ0) is 54.0. The Morgan fingerprint density at radius 2 is 1.18 bits per heavy atom. The molecule has 1 heterocycles. The first-order valence-electron chi connectivity index (χ1n) is 24.5. The van der Waals surface area contributed by atoms with Gasteiger partial charge in [-0.05, 0) is 99.6 Å². The highest BCUT2D eigenvalue weighted by Crippen LogP contribution is 2.22. The lowest BCUT2D eigenvalue weighted by Gasteiger charge is -2.33. The van der Waals surface area contributed by atoms with Crippen LogP contribution in [0.3, 0.4) is 0 Å². The molecule has 73 heavy (non-hydrogen) atoms. The zero-order valence-electron chi connectivity index (χ0n) is 41.1. The molecule has 2 aromatic carbocycles. The summed E-state index contributed by atoms with van der Waals surface area (Å²) in [7, 11) is 0. The van der Waals surface area contributed by atoms with Gasteiger partial charge in [0.25, 0.3) is 5.91 Å². The Bertz CT molecular complexity index is 2100. The maximum atomic E-state index is 13.6. The van der Waals surface area contributed by atoms with Crippen molar-refractivity contribution in [1.82, 2.24) is 25.5 Å². The standard InChI is InChI=1S/C49H77ClN10O13/c50-39-24-57-40(41(59-39)47(54)71)46(53)55-21-5-2-8-29-12-16-31(17-13-29)32-18-14-30(15-19-32)9-7-22-56-49(73)34(58-48(72)33(52)10-1-4-20-51)11-3-6-23-60(25-35(63)42(67)44(69)37(65)27-61)26-36(64)43(68)45(70)38(66)28-62/h12-19,24,33-38,42-45,61-70H,1-11,20-23,25-28,51-52H2,(H2,53,55)(H2,54,71)(H,56,73)(H,58,72)/t33-,34-,35-,36-,37+,38+,42+,43+,44+,45+/m0/s1. The van der Waals surface area contributed by atoms with Crippen LogP contribution in [0.15, 0.2) is 59.7 Å². The van der Waals surface area contributed by atoms with Crippen molar-refractivity contribution in [3.63, 3.8) is 0 Å². The molecule has 0 aliphatic carbocycles. The lowest BCUT2D eigenvalue weighted by molar-refractivity contribution is -0.130. The van der Waals surface area contributed by atoms with Gasteiger partial charge in [0.15, 0.2) is 5.69 Å². The molecule has 0 aliphatic rings. The summed E-state index contributed by atoms with van der Waals surface area (Å²) in [6.45, 7) is -1.51. The SMILES string of the molecule is NCCCC[C@H](N)C(=O)N[C@@H](CCCCN(C[C@H](O)[C@@H](O)[C@H](O)[C@H](O)CO)C[C@H](O)[C@@H](O)[C@H](O)[C@H](O)CO)C(=O)NCCCc1ccc(-c2ccc(CCCCN=C(N)c3ncc(Cl)nc3C(N)=O)cc2)cc1. The molecule has 10 atom stereocenters. The van der Waals surface area contributed by atoms with Crippen LogP contribution in [0.1, 0.15) is 85.1 Å².